The highest BCUT2D eigenvalue weighted by molar-refractivity contribution is 5.01. The van der Waals surface area contributed by atoms with Crippen LogP contribution in [-0.2, 0) is 6.54 Å². The van der Waals surface area contributed by atoms with Gasteiger partial charge in [0.1, 0.15) is 12.2 Å². The van der Waals surface area contributed by atoms with Crippen LogP contribution in [0.5, 0.6) is 0 Å². The van der Waals surface area contributed by atoms with E-state index >= 15 is 0 Å². The van der Waals surface area contributed by atoms with Crippen molar-refractivity contribution in [3.05, 3.63) is 11.4 Å². The van der Waals surface area contributed by atoms with Gasteiger partial charge in [0, 0.05) is 0 Å². The van der Waals surface area contributed by atoms with E-state index in [1.807, 2.05) is 6.92 Å². The summed E-state index contributed by atoms with van der Waals surface area (Å²) in [5.74, 6) is 0. The second-order valence-corrected chi connectivity index (χ2v) is 2.93. The first-order valence-electron chi connectivity index (χ1n) is 4.39. The Bertz CT molecular complexity index is 230. The Morgan fingerprint density at radius 1 is 1.25 bits per heavy atom. The average Bonchev–Trinajstić information content (AvgIpc) is 2.47. The lowest BCUT2D eigenvalue weighted by atomic mass is 10.3. The van der Waals surface area contributed by atoms with Crippen LogP contribution in [0.2, 0.25) is 0 Å². The Hall–Kier alpha value is -0.900. The molecule has 0 saturated heterocycles. The summed E-state index contributed by atoms with van der Waals surface area (Å²) in [4.78, 5) is 1.49. The molecule has 1 N–H and O–H groups in total. The third-order valence-electron chi connectivity index (χ3n) is 2.16. The summed E-state index contributed by atoms with van der Waals surface area (Å²) in [5.41, 5.74) is 1.89. The minimum absolute atomic E-state index is 0.911. The largest absolute Gasteiger partial charge is 0.330 e. The van der Waals surface area contributed by atoms with Gasteiger partial charge >= 0.3 is 0 Å². The van der Waals surface area contributed by atoms with Gasteiger partial charge in [-0.05, 0) is 25.9 Å². The fraction of sp³-hybridized carbons (Fsp3) is 0.750. The molecular formula is C8H16N3O+. The number of hydrogen-bond donors (Lipinski definition) is 1. The minimum Gasteiger partial charge on any atom is -0.330 e. The number of nitrogens with one attached hydrogen (secondary N) is 1. The molecular weight excluding hydrogens is 154 g/mol. The Labute approximate surface area is 72.5 Å². The van der Waals surface area contributed by atoms with Gasteiger partial charge in [0.25, 0.3) is 0 Å². The predicted octanol–water partition coefficient (Wildman–Crippen LogP) is -0.197. The number of hydrogen-bond acceptors (Lipinski definition) is 3. The zero-order chi connectivity index (χ0) is 8.97. The highest BCUT2D eigenvalue weighted by Gasteiger charge is 2.11. The van der Waals surface area contributed by atoms with Crippen LogP contribution in [0.1, 0.15) is 25.2 Å². The van der Waals surface area contributed by atoms with E-state index in [0.29, 0.717) is 0 Å². The van der Waals surface area contributed by atoms with E-state index < -0.39 is 0 Å². The lowest BCUT2D eigenvalue weighted by Crippen LogP contribution is -3.10. The van der Waals surface area contributed by atoms with Gasteiger partial charge < -0.3 is 4.90 Å². The van der Waals surface area contributed by atoms with Crippen LogP contribution < -0.4 is 4.90 Å². The standard InChI is InChI=1S/C8H15N3O/c1-4-11(5-2)6-8-7(3)9-12-10-8/h4-6H2,1-3H3/p+1. The van der Waals surface area contributed by atoms with E-state index in [-0.39, 0.29) is 0 Å². The summed E-state index contributed by atoms with van der Waals surface area (Å²) >= 11 is 0. The molecule has 0 atom stereocenters. The second-order valence-electron chi connectivity index (χ2n) is 2.93. The SMILES string of the molecule is CC[NH+](CC)Cc1nonc1C. The molecule has 68 valence electrons. The van der Waals surface area contributed by atoms with Crippen molar-refractivity contribution in [3.63, 3.8) is 0 Å². The van der Waals surface area contributed by atoms with Gasteiger partial charge in [0.2, 0.25) is 0 Å². The summed E-state index contributed by atoms with van der Waals surface area (Å²) in [5, 5.41) is 7.58. The van der Waals surface area contributed by atoms with Crippen molar-refractivity contribution in [3.8, 4) is 0 Å². The maximum atomic E-state index is 4.62. The Balaban J connectivity index is 2.56. The summed E-state index contributed by atoms with van der Waals surface area (Å²) in [6.45, 7) is 9.41. The summed E-state index contributed by atoms with van der Waals surface area (Å²) < 4.78 is 4.62. The number of aromatic nitrogens is 2. The molecule has 4 heteroatoms. The molecule has 0 aliphatic carbocycles. The zero-order valence-electron chi connectivity index (χ0n) is 7.92. The topological polar surface area (TPSA) is 43.4 Å². The molecule has 0 amide bonds. The number of quaternary nitrogens is 1. The Morgan fingerprint density at radius 2 is 1.92 bits per heavy atom. The first-order chi connectivity index (χ1) is 5.77. The van der Waals surface area contributed by atoms with Gasteiger partial charge in [-0.2, -0.15) is 0 Å². The van der Waals surface area contributed by atoms with Crippen LogP contribution in [-0.4, -0.2) is 23.4 Å². The van der Waals surface area contributed by atoms with E-state index in [2.05, 4.69) is 28.8 Å². The van der Waals surface area contributed by atoms with Crippen LogP contribution in [0.3, 0.4) is 0 Å². The maximum Gasteiger partial charge on any atom is 0.162 e. The Morgan fingerprint density at radius 3 is 2.33 bits per heavy atom. The second kappa shape index (κ2) is 4.21. The predicted molar refractivity (Wildman–Crippen MR) is 44.8 cm³/mol. The van der Waals surface area contributed by atoms with Crippen LogP contribution in [0.25, 0.3) is 0 Å². The summed E-state index contributed by atoms with van der Waals surface area (Å²) in [7, 11) is 0. The van der Waals surface area contributed by atoms with E-state index in [1.54, 1.807) is 0 Å². The maximum absolute atomic E-state index is 4.62. The van der Waals surface area contributed by atoms with Crippen molar-refractivity contribution in [1.29, 1.82) is 0 Å². The highest BCUT2D eigenvalue weighted by Crippen LogP contribution is 1.96. The van der Waals surface area contributed by atoms with E-state index in [0.717, 1.165) is 31.0 Å². The molecule has 12 heavy (non-hydrogen) atoms. The van der Waals surface area contributed by atoms with E-state index in [1.165, 1.54) is 4.90 Å². The van der Waals surface area contributed by atoms with Crippen LogP contribution >= 0.6 is 0 Å². The Kier molecular flexibility index (Phi) is 3.22. The molecule has 1 aromatic rings. The van der Waals surface area contributed by atoms with Crippen molar-refractivity contribution in [1.82, 2.24) is 10.3 Å². The van der Waals surface area contributed by atoms with Gasteiger partial charge in [0.15, 0.2) is 5.69 Å². The van der Waals surface area contributed by atoms with Crippen LogP contribution in [0, 0.1) is 6.92 Å². The van der Waals surface area contributed by atoms with Crippen LogP contribution in [0.4, 0.5) is 0 Å². The highest BCUT2D eigenvalue weighted by atomic mass is 16.6. The van der Waals surface area contributed by atoms with E-state index in [4.69, 9.17) is 0 Å². The first kappa shape index (κ1) is 9.19. The molecule has 4 nitrogen and oxygen atoms in total. The molecule has 0 aliphatic rings. The van der Waals surface area contributed by atoms with Gasteiger partial charge in [0.05, 0.1) is 13.1 Å². The van der Waals surface area contributed by atoms with Gasteiger partial charge in [-0.3, -0.25) is 0 Å². The smallest absolute Gasteiger partial charge is 0.162 e. The number of rotatable bonds is 4. The number of aryl methyl sites for hydroxylation is 1. The van der Waals surface area contributed by atoms with Crippen molar-refractivity contribution in [2.45, 2.75) is 27.3 Å². The average molecular weight is 170 g/mol. The van der Waals surface area contributed by atoms with Crippen LogP contribution in [0.15, 0.2) is 4.63 Å². The lowest BCUT2D eigenvalue weighted by molar-refractivity contribution is -0.910. The molecule has 1 heterocycles. The summed E-state index contributed by atoms with van der Waals surface area (Å²) in [6, 6.07) is 0. The normalized spacial score (nSPS) is 11.0. The fourth-order valence-corrected chi connectivity index (χ4v) is 1.15. The molecule has 0 spiro atoms. The quantitative estimate of drug-likeness (QED) is 0.680. The number of nitrogens with zero attached hydrogens (tertiary/aromatic N) is 2. The molecule has 0 bridgehead atoms. The third kappa shape index (κ3) is 2.04. The molecule has 1 rings (SSSR count). The lowest BCUT2D eigenvalue weighted by Gasteiger charge is -2.12. The van der Waals surface area contributed by atoms with Crippen molar-refractivity contribution in [2.24, 2.45) is 0 Å². The summed E-state index contributed by atoms with van der Waals surface area (Å²) in [6.07, 6.45) is 0. The van der Waals surface area contributed by atoms with E-state index in [9.17, 15) is 0 Å². The molecule has 1 aromatic heterocycles. The van der Waals surface area contributed by atoms with Gasteiger partial charge in [-0.1, -0.05) is 5.16 Å². The van der Waals surface area contributed by atoms with Crippen molar-refractivity contribution >= 4 is 0 Å². The van der Waals surface area contributed by atoms with Crippen molar-refractivity contribution in [2.75, 3.05) is 13.1 Å². The van der Waals surface area contributed by atoms with Crippen molar-refractivity contribution < 1.29 is 9.53 Å². The van der Waals surface area contributed by atoms with Gasteiger partial charge in [-0.15, -0.1) is 0 Å². The molecule has 0 aliphatic heterocycles. The minimum atomic E-state index is 0.911. The van der Waals surface area contributed by atoms with Gasteiger partial charge in [-0.25, -0.2) is 4.63 Å². The molecule has 0 aromatic carbocycles. The monoisotopic (exact) mass is 170 g/mol. The molecule has 0 saturated carbocycles. The fourth-order valence-electron chi connectivity index (χ4n) is 1.15. The zero-order valence-corrected chi connectivity index (χ0v) is 7.92. The first-order valence-corrected chi connectivity index (χ1v) is 4.39. The molecule has 0 radical (unpaired) electrons. The molecule has 0 unspecified atom stereocenters. The third-order valence-corrected chi connectivity index (χ3v) is 2.16. The molecule has 0 fully saturated rings.